The van der Waals surface area contributed by atoms with Gasteiger partial charge in [-0.25, -0.2) is 0 Å². The minimum absolute atomic E-state index is 0.452. The fourth-order valence-corrected chi connectivity index (χ4v) is 6.00. The summed E-state index contributed by atoms with van der Waals surface area (Å²) >= 11 is 7.86. The molecule has 2 aliphatic heterocycles. The van der Waals surface area contributed by atoms with Gasteiger partial charge in [0.15, 0.2) is 0 Å². The van der Waals surface area contributed by atoms with Gasteiger partial charge >= 0.3 is 0 Å². The van der Waals surface area contributed by atoms with Crippen LogP contribution in [0.2, 0.25) is 5.02 Å². The van der Waals surface area contributed by atoms with Crippen LogP contribution in [0.15, 0.2) is 53.9 Å². The molecule has 134 valence electrons. The Morgan fingerprint density at radius 2 is 1.73 bits per heavy atom. The zero-order chi connectivity index (χ0) is 17.7. The van der Waals surface area contributed by atoms with E-state index in [1.165, 1.54) is 28.5 Å². The van der Waals surface area contributed by atoms with Crippen LogP contribution in [0.25, 0.3) is 10.1 Å². The van der Waals surface area contributed by atoms with Gasteiger partial charge in [-0.05, 0) is 65.8 Å². The van der Waals surface area contributed by atoms with Crippen molar-refractivity contribution in [2.75, 3.05) is 0 Å². The molecule has 0 saturated carbocycles. The number of hydrogen-bond donors (Lipinski definition) is 1. The minimum Gasteiger partial charge on any atom is -0.385 e. The number of hydrogen-bond acceptors (Lipinski definition) is 3. The summed E-state index contributed by atoms with van der Waals surface area (Å²) < 4.78 is 1.37. The Morgan fingerprint density at radius 1 is 1.04 bits per heavy atom. The fourth-order valence-electron chi connectivity index (χ4n) is 4.92. The number of halogens is 1. The van der Waals surface area contributed by atoms with Gasteiger partial charge in [0.2, 0.25) is 0 Å². The molecule has 0 spiro atoms. The lowest BCUT2D eigenvalue weighted by Crippen LogP contribution is -2.49. The number of rotatable bonds is 3. The Labute approximate surface area is 163 Å². The monoisotopic (exact) mass is 383 g/mol. The first kappa shape index (κ1) is 16.8. The maximum Gasteiger partial charge on any atom is 0.0926 e. The Balaban J connectivity index is 1.40. The minimum atomic E-state index is -0.719. The lowest BCUT2D eigenvalue weighted by atomic mass is 9.80. The molecule has 3 atom stereocenters. The van der Waals surface area contributed by atoms with Gasteiger partial charge in [-0.3, -0.25) is 4.90 Å². The van der Waals surface area contributed by atoms with E-state index in [-0.39, 0.29) is 0 Å². The molecule has 4 heteroatoms. The standard InChI is InChI=1S/C22H22ClNOS/c23-17-7-5-16(6-8-17)22(25)11-18-9-10-19(12-22)24(18)13-15-14-26-21-4-2-1-3-20(15)21/h1-8,14,18-19,25H,9-13H2/t18-,19+,22?. The first-order valence-electron chi connectivity index (χ1n) is 9.32. The third kappa shape index (κ3) is 2.78. The predicted octanol–water partition coefficient (Wildman–Crippen LogP) is 5.57. The van der Waals surface area contributed by atoms with Gasteiger partial charge in [0, 0.05) is 28.4 Å². The van der Waals surface area contributed by atoms with Crippen LogP contribution in [0, 0.1) is 0 Å². The number of thiophene rings is 1. The van der Waals surface area contributed by atoms with E-state index in [9.17, 15) is 5.11 Å². The number of aliphatic hydroxyl groups is 1. The zero-order valence-electron chi connectivity index (χ0n) is 14.6. The molecule has 5 rings (SSSR count). The van der Waals surface area contributed by atoms with Crippen molar-refractivity contribution < 1.29 is 5.11 Å². The van der Waals surface area contributed by atoms with Crippen LogP contribution in [0.3, 0.4) is 0 Å². The predicted molar refractivity (Wildman–Crippen MR) is 109 cm³/mol. The smallest absolute Gasteiger partial charge is 0.0926 e. The van der Waals surface area contributed by atoms with E-state index in [2.05, 4.69) is 34.5 Å². The van der Waals surface area contributed by atoms with Gasteiger partial charge in [0.05, 0.1) is 5.60 Å². The van der Waals surface area contributed by atoms with Gasteiger partial charge < -0.3 is 5.11 Å². The molecule has 0 amide bonds. The van der Waals surface area contributed by atoms with Gasteiger partial charge in [0.25, 0.3) is 0 Å². The summed E-state index contributed by atoms with van der Waals surface area (Å²) in [6, 6.07) is 17.3. The van der Waals surface area contributed by atoms with Crippen molar-refractivity contribution in [2.45, 2.75) is 49.9 Å². The lowest BCUT2D eigenvalue weighted by Gasteiger charge is -2.44. The number of piperidine rings is 1. The van der Waals surface area contributed by atoms with Crippen molar-refractivity contribution in [3.8, 4) is 0 Å². The Bertz CT molecular complexity index is 921. The van der Waals surface area contributed by atoms with Crippen LogP contribution < -0.4 is 0 Å². The fraction of sp³-hybridized carbons (Fsp3) is 0.364. The maximum atomic E-state index is 11.4. The molecule has 3 aromatic rings. The molecule has 0 aliphatic carbocycles. The number of benzene rings is 2. The largest absolute Gasteiger partial charge is 0.385 e. The number of nitrogens with zero attached hydrogens (tertiary/aromatic N) is 1. The molecule has 2 nitrogen and oxygen atoms in total. The molecule has 1 aromatic heterocycles. The van der Waals surface area contributed by atoms with Crippen molar-refractivity contribution in [1.29, 1.82) is 0 Å². The van der Waals surface area contributed by atoms with E-state index in [1.807, 2.05) is 35.6 Å². The average molecular weight is 384 g/mol. The van der Waals surface area contributed by atoms with Crippen LogP contribution in [-0.4, -0.2) is 22.1 Å². The second kappa shape index (κ2) is 6.35. The molecule has 0 radical (unpaired) electrons. The van der Waals surface area contributed by atoms with Crippen LogP contribution in [0.5, 0.6) is 0 Å². The van der Waals surface area contributed by atoms with Crippen LogP contribution in [0.1, 0.15) is 36.8 Å². The van der Waals surface area contributed by atoms with E-state index in [1.54, 1.807) is 0 Å². The molecular weight excluding hydrogens is 362 g/mol. The van der Waals surface area contributed by atoms with E-state index in [0.717, 1.165) is 30.0 Å². The summed E-state index contributed by atoms with van der Waals surface area (Å²) in [5.41, 5.74) is 1.72. The summed E-state index contributed by atoms with van der Waals surface area (Å²) in [6.45, 7) is 0.996. The molecule has 2 aliphatic rings. The molecular formula is C22H22ClNOS. The number of fused-ring (bicyclic) bond motifs is 3. The highest BCUT2D eigenvalue weighted by molar-refractivity contribution is 7.17. The second-order valence-electron chi connectivity index (χ2n) is 7.76. The summed E-state index contributed by atoms with van der Waals surface area (Å²) in [6.07, 6.45) is 3.99. The van der Waals surface area contributed by atoms with Gasteiger partial charge in [-0.1, -0.05) is 41.9 Å². The molecule has 2 aromatic carbocycles. The van der Waals surface area contributed by atoms with Gasteiger partial charge in [-0.15, -0.1) is 11.3 Å². The Kier molecular flexibility index (Phi) is 4.09. The van der Waals surface area contributed by atoms with E-state index in [0.29, 0.717) is 12.1 Å². The molecule has 1 unspecified atom stereocenters. The molecule has 1 N–H and O–H groups in total. The van der Waals surface area contributed by atoms with Gasteiger partial charge in [0.1, 0.15) is 0 Å². The van der Waals surface area contributed by atoms with Crippen molar-refractivity contribution >= 4 is 33.0 Å². The highest BCUT2D eigenvalue weighted by Gasteiger charge is 2.48. The quantitative estimate of drug-likeness (QED) is 0.639. The summed E-state index contributed by atoms with van der Waals surface area (Å²) in [5, 5.41) is 15.8. The first-order valence-corrected chi connectivity index (χ1v) is 10.6. The third-order valence-electron chi connectivity index (χ3n) is 6.21. The second-order valence-corrected chi connectivity index (χ2v) is 9.11. The summed E-state index contributed by atoms with van der Waals surface area (Å²) in [5.74, 6) is 0. The van der Waals surface area contributed by atoms with Crippen LogP contribution in [-0.2, 0) is 12.1 Å². The summed E-state index contributed by atoms with van der Waals surface area (Å²) in [7, 11) is 0. The Morgan fingerprint density at radius 3 is 2.46 bits per heavy atom. The molecule has 2 bridgehead atoms. The topological polar surface area (TPSA) is 23.5 Å². The van der Waals surface area contributed by atoms with Crippen molar-refractivity contribution in [1.82, 2.24) is 4.90 Å². The molecule has 2 fully saturated rings. The summed E-state index contributed by atoms with van der Waals surface area (Å²) in [4.78, 5) is 2.64. The SMILES string of the molecule is OC1(c2ccc(Cl)cc2)C[C@H]2CC[C@@H](C1)N2Cc1csc2ccccc12. The van der Waals surface area contributed by atoms with Crippen LogP contribution >= 0.6 is 22.9 Å². The van der Waals surface area contributed by atoms with Crippen molar-refractivity contribution in [2.24, 2.45) is 0 Å². The van der Waals surface area contributed by atoms with Crippen molar-refractivity contribution in [3.63, 3.8) is 0 Å². The van der Waals surface area contributed by atoms with E-state index >= 15 is 0 Å². The average Bonchev–Trinajstić information content (AvgIpc) is 3.16. The molecule has 26 heavy (non-hydrogen) atoms. The zero-order valence-corrected chi connectivity index (χ0v) is 16.1. The highest BCUT2D eigenvalue weighted by Crippen LogP contribution is 2.46. The highest BCUT2D eigenvalue weighted by atomic mass is 35.5. The van der Waals surface area contributed by atoms with E-state index < -0.39 is 5.60 Å². The van der Waals surface area contributed by atoms with E-state index in [4.69, 9.17) is 11.6 Å². The van der Waals surface area contributed by atoms with Gasteiger partial charge in [-0.2, -0.15) is 0 Å². The Hall–Kier alpha value is -1.39. The van der Waals surface area contributed by atoms with Crippen LogP contribution in [0.4, 0.5) is 0 Å². The molecule has 3 heterocycles. The first-order chi connectivity index (χ1) is 12.6. The third-order valence-corrected chi connectivity index (χ3v) is 7.48. The van der Waals surface area contributed by atoms with Crippen molar-refractivity contribution in [3.05, 3.63) is 70.1 Å². The normalized spacial score (nSPS) is 28.7. The maximum absolute atomic E-state index is 11.4. The molecule has 2 saturated heterocycles. The lowest BCUT2D eigenvalue weighted by molar-refractivity contribution is -0.0593.